The predicted octanol–water partition coefficient (Wildman–Crippen LogP) is 6.33. The average Bonchev–Trinajstić information content (AvgIpc) is 2.31. The van der Waals surface area contributed by atoms with E-state index in [-0.39, 0.29) is 40.6 Å². The largest absolute Gasteiger partial charge is 2.00 e. The first-order chi connectivity index (χ1) is 7.91. The van der Waals surface area contributed by atoms with E-state index < -0.39 is 0 Å². The first-order valence-corrected chi connectivity index (χ1v) is 7.91. The Balaban J connectivity index is -0.000000375. The van der Waals surface area contributed by atoms with Crippen LogP contribution in [0.2, 0.25) is 0 Å². The normalized spacial score (nSPS) is 10.2. The molecule has 102 valence electrons. The van der Waals surface area contributed by atoms with E-state index in [4.69, 9.17) is 0 Å². The standard InChI is InChI=1S/C16H34.Ca.2H/c1-3-5-7-9-11-13-15-16-14-12-10-8-6-4-2;;;/h3-16H2,1-2H3;;;/q;+2;2*-1. The summed E-state index contributed by atoms with van der Waals surface area (Å²) in [5, 5.41) is 0. The van der Waals surface area contributed by atoms with Crippen LogP contribution in [0, 0.1) is 0 Å². The summed E-state index contributed by atoms with van der Waals surface area (Å²) in [5.41, 5.74) is 0. The summed E-state index contributed by atoms with van der Waals surface area (Å²) in [6.45, 7) is 4.58. The predicted molar refractivity (Wildman–Crippen MR) is 84.0 cm³/mol. The Morgan fingerprint density at radius 2 is 0.588 bits per heavy atom. The molecule has 0 nitrogen and oxygen atoms in total. The zero-order valence-electron chi connectivity index (χ0n) is 14.6. The Kier molecular flexibility index (Phi) is 23.7. The zero-order chi connectivity index (χ0) is 11.9. The van der Waals surface area contributed by atoms with Crippen LogP contribution in [-0.4, -0.2) is 37.7 Å². The second kappa shape index (κ2) is 19.6. The van der Waals surface area contributed by atoms with Crippen LogP contribution in [0.4, 0.5) is 0 Å². The van der Waals surface area contributed by atoms with E-state index in [0.717, 1.165) is 0 Å². The fourth-order valence-corrected chi connectivity index (χ4v) is 2.27. The molecule has 17 heavy (non-hydrogen) atoms. The Morgan fingerprint density at radius 1 is 0.412 bits per heavy atom. The molecule has 0 radical (unpaired) electrons. The summed E-state index contributed by atoms with van der Waals surface area (Å²) in [7, 11) is 0. The summed E-state index contributed by atoms with van der Waals surface area (Å²) in [4.78, 5) is 0. The molecule has 0 saturated heterocycles. The molecule has 0 saturated carbocycles. The molecular formula is C16H36Ca. The summed E-state index contributed by atoms with van der Waals surface area (Å²) in [6, 6.07) is 0. The molecule has 0 amide bonds. The minimum Gasteiger partial charge on any atom is -1.00 e. The van der Waals surface area contributed by atoms with Crippen molar-refractivity contribution in [1.82, 2.24) is 0 Å². The van der Waals surface area contributed by atoms with Gasteiger partial charge in [-0.3, -0.25) is 0 Å². The Labute approximate surface area is 143 Å². The summed E-state index contributed by atoms with van der Waals surface area (Å²) in [6.07, 6.45) is 20.4. The van der Waals surface area contributed by atoms with Gasteiger partial charge in [-0.05, 0) is 0 Å². The molecular weight excluding hydrogens is 232 g/mol. The summed E-state index contributed by atoms with van der Waals surface area (Å²) in [5.74, 6) is 0. The molecule has 0 heterocycles. The molecule has 0 aromatic carbocycles. The topological polar surface area (TPSA) is 0 Å². The summed E-state index contributed by atoms with van der Waals surface area (Å²) >= 11 is 0. The van der Waals surface area contributed by atoms with Crippen LogP contribution in [0.25, 0.3) is 0 Å². The quantitative estimate of drug-likeness (QED) is 0.270. The van der Waals surface area contributed by atoms with Crippen molar-refractivity contribution in [3.8, 4) is 0 Å². The average molecular weight is 269 g/mol. The third-order valence-corrected chi connectivity index (χ3v) is 3.46. The number of hydrogen-bond acceptors (Lipinski definition) is 0. The molecule has 0 aliphatic carbocycles. The van der Waals surface area contributed by atoms with Gasteiger partial charge in [0.1, 0.15) is 0 Å². The zero-order valence-corrected chi connectivity index (χ0v) is 14.8. The number of unbranched alkanes of at least 4 members (excludes halogenated alkanes) is 13. The number of rotatable bonds is 13. The molecule has 0 spiro atoms. The van der Waals surface area contributed by atoms with Crippen LogP contribution in [0.5, 0.6) is 0 Å². The monoisotopic (exact) mass is 268 g/mol. The van der Waals surface area contributed by atoms with Crippen LogP contribution in [0.3, 0.4) is 0 Å². The van der Waals surface area contributed by atoms with Crippen molar-refractivity contribution in [2.75, 3.05) is 0 Å². The fraction of sp³-hybridized carbons (Fsp3) is 1.00. The molecule has 0 atom stereocenters. The van der Waals surface area contributed by atoms with Gasteiger partial charge in [0.05, 0.1) is 0 Å². The van der Waals surface area contributed by atoms with Gasteiger partial charge >= 0.3 is 37.7 Å². The van der Waals surface area contributed by atoms with Crippen LogP contribution < -0.4 is 0 Å². The van der Waals surface area contributed by atoms with Crippen molar-refractivity contribution in [2.24, 2.45) is 0 Å². The van der Waals surface area contributed by atoms with Crippen molar-refractivity contribution >= 4 is 37.7 Å². The molecule has 0 rings (SSSR count). The second-order valence-corrected chi connectivity index (χ2v) is 5.24. The van der Waals surface area contributed by atoms with E-state index >= 15 is 0 Å². The van der Waals surface area contributed by atoms with Crippen molar-refractivity contribution in [1.29, 1.82) is 0 Å². The van der Waals surface area contributed by atoms with Crippen molar-refractivity contribution in [2.45, 2.75) is 104 Å². The van der Waals surface area contributed by atoms with E-state index in [1.165, 1.54) is 89.9 Å². The third-order valence-electron chi connectivity index (χ3n) is 3.46. The summed E-state index contributed by atoms with van der Waals surface area (Å²) < 4.78 is 0. The van der Waals surface area contributed by atoms with Crippen molar-refractivity contribution in [3.63, 3.8) is 0 Å². The van der Waals surface area contributed by atoms with Gasteiger partial charge in [0.2, 0.25) is 0 Å². The molecule has 0 N–H and O–H groups in total. The minimum absolute atomic E-state index is 0. The van der Waals surface area contributed by atoms with Gasteiger partial charge in [-0.2, -0.15) is 0 Å². The van der Waals surface area contributed by atoms with Gasteiger partial charge in [-0.1, -0.05) is 104 Å². The van der Waals surface area contributed by atoms with Gasteiger partial charge in [0.15, 0.2) is 0 Å². The first kappa shape index (κ1) is 20.6. The second-order valence-electron chi connectivity index (χ2n) is 5.24. The molecule has 0 aliphatic rings. The molecule has 0 fully saturated rings. The van der Waals surface area contributed by atoms with Crippen molar-refractivity contribution < 1.29 is 2.85 Å². The third kappa shape index (κ3) is 19.8. The Morgan fingerprint density at radius 3 is 0.765 bits per heavy atom. The van der Waals surface area contributed by atoms with Gasteiger partial charge < -0.3 is 2.85 Å². The van der Waals surface area contributed by atoms with Gasteiger partial charge in [-0.25, -0.2) is 0 Å². The van der Waals surface area contributed by atoms with Crippen LogP contribution in [0.1, 0.15) is 107 Å². The smallest absolute Gasteiger partial charge is 1.00 e. The van der Waals surface area contributed by atoms with Crippen molar-refractivity contribution in [3.05, 3.63) is 0 Å². The van der Waals surface area contributed by atoms with Crippen LogP contribution in [0.15, 0.2) is 0 Å². The SMILES string of the molecule is CCCCCCCCCCCCCCCC.[Ca+2].[H-].[H-]. The van der Waals surface area contributed by atoms with E-state index in [1.807, 2.05) is 0 Å². The van der Waals surface area contributed by atoms with Crippen LogP contribution >= 0.6 is 0 Å². The number of hydrogen-bond donors (Lipinski definition) is 0. The van der Waals surface area contributed by atoms with E-state index in [2.05, 4.69) is 13.8 Å². The maximum atomic E-state index is 2.29. The van der Waals surface area contributed by atoms with Crippen LogP contribution in [-0.2, 0) is 0 Å². The van der Waals surface area contributed by atoms with Gasteiger partial charge in [-0.15, -0.1) is 0 Å². The van der Waals surface area contributed by atoms with E-state index in [0.29, 0.717) is 0 Å². The van der Waals surface area contributed by atoms with Gasteiger partial charge in [0.25, 0.3) is 0 Å². The maximum Gasteiger partial charge on any atom is 2.00 e. The minimum atomic E-state index is 0. The molecule has 1 heteroatoms. The van der Waals surface area contributed by atoms with E-state index in [1.54, 1.807) is 0 Å². The Hall–Kier alpha value is 1.26. The maximum absolute atomic E-state index is 2.29. The molecule has 0 unspecified atom stereocenters. The van der Waals surface area contributed by atoms with E-state index in [9.17, 15) is 0 Å². The first-order valence-electron chi connectivity index (χ1n) is 7.91. The molecule has 0 bridgehead atoms. The Bertz CT molecular complexity index is 107. The molecule has 0 aliphatic heterocycles. The molecule has 0 aromatic rings. The molecule has 0 aromatic heterocycles. The van der Waals surface area contributed by atoms with Gasteiger partial charge in [0, 0.05) is 0 Å². The fourth-order valence-electron chi connectivity index (χ4n) is 2.27.